The lowest BCUT2D eigenvalue weighted by molar-refractivity contribution is -0.153. The maximum Gasteiger partial charge on any atom is 0.422 e. The molecule has 1 aliphatic rings. The average molecular weight is 400 g/mol. The van der Waals surface area contributed by atoms with E-state index < -0.39 is 12.8 Å². The lowest BCUT2D eigenvalue weighted by Crippen LogP contribution is -2.40. The Balaban J connectivity index is 1.99. The molecule has 2 N–H and O–H groups in total. The Morgan fingerprint density at radius 2 is 2.07 bits per heavy atom. The summed E-state index contributed by atoms with van der Waals surface area (Å²) >= 11 is 0. The number of likely N-dealkylation sites (tertiary alicyclic amines) is 1. The van der Waals surface area contributed by atoms with Crippen molar-refractivity contribution >= 4 is 5.96 Å². The Morgan fingerprint density at radius 3 is 2.71 bits per heavy atom. The van der Waals surface area contributed by atoms with E-state index in [4.69, 9.17) is 4.74 Å². The second-order valence-corrected chi connectivity index (χ2v) is 7.14. The number of ether oxygens (including phenoxy) is 1. The van der Waals surface area contributed by atoms with Gasteiger partial charge in [0.2, 0.25) is 0 Å². The molecular formula is C20H31F3N4O. The summed E-state index contributed by atoms with van der Waals surface area (Å²) in [4.78, 5) is 6.96. The summed E-state index contributed by atoms with van der Waals surface area (Å²) in [6.07, 6.45) is -3.21. The molecule has 0 bridgehead atoms. The van der Waals surface area contributed by atoms with Gasteiger partial charge in [-0.3, -0.25) is 0 Å². The molecule has 0 radical (unpaired) electrons. The normalized spacial score (nSPS) is 18.4. The first-order valence-electron chi connectivity index (χ1n) is 9.84. The topological polar surface area (TPSA) is 48.9 Å². The zero-order valence-corrected chi connectivity index (χ0v) is 16.9. The zero-order chi connectivity index (χ0) is 20.6. The van der Waals surface area contributed by atoms with Crippen LogP contribution in [-0.2, 0) is 6.54 Å². The van der Waals surface area contributed by atoms with Crippen LogP contribution in [0.25, 0.3) is 0 Å². The van der Waals surface area contributed by atoms with Crippen molar-refractivity contribution in [2.75, 3.05) is 39.3 Å². The quantitative estimate of drug-likeness (QED) is 0.519. The number of halogens is 3. The molecule has 1 aliphatic heterocycles. The van der Waals surface area contributed by atoms with Gasteiger partial charge in [-0.2, -0.15) is 13.2 Å². The van der Waals surface area contributed by atoms with E-state index >= 15 is 0 Å². The van der Waals surface area contributed by atoms with Gasteiger partial charge in [0.15, 0.2) is 12.6 Å². The summed E-state index contributed by atoms with van der Waals surface area (Å²) < 4.78 is 42.5. The molecule has 1 saturated heterocycles. The molecule has 1 aromatic carbocycles. The van der Waals surface area contributed by atoms with Gasteiger partial charge in [-0.25, -0.2) is 4.99 Å². The Kier molecular flexibility index (Phi) is 8.41. The van der Waals surface area contributed by atoms with Crippen molar-refractivity contribution < 1.29 is 17.9 Å². The number of alkyl halides is 3. The molecule has 28 heavy (non-hydrogen) atoms. The van der Waals surface area contributed by atoms with Crippen LogP contribution in [0, 0.1) is 12.8 Å². The van der Waals surface area contributed by atoms with Crippen LogP contribution >= 0.6 is 0 Å². The molecule has 2 rings (SSSR count). The van der Waals surface area contributed by atoms with Gasteiger partial charge in [0.1, 0.15) is 5.75 Å². The van der Waals surface area contributed by atoms with Gasteiger partial charge < -0.3 is 20.3 Å². The van der Waals surface area contributed by atoms with Gasteiger partial charge in [-0.1, -0.05) is 19.1 Å². The van der Waals surface area contributed by atoms with Crippen LogP contribution in [0.1, 0.15) is 31.4 Å². The van der Waals surface area contributed by atoms with E-state index in [1.54, 1.807) is 12.1 Å². The van der Waals surface area contributed by atoms with Gasteiger partial charge in [0.25, 0.3) is 0 Å². The highest BCUT2D eigenvalue weighted by Crippen LogP contribution is 2.24. The molecule has 1 fully saturated rings. The van der Waals surface area contributed by atoms with Crippen molar-refractivity contribution in [1.29, 1.82) is 0 Å². The van der Waals surface area contributed by atoms with Crippen LogP contribution < -0.4 is 15.4 Å². The number of benzene rings is 1. The smallest absolute Gasteiger partial charge is 0.422 e. The van der Waals surface area contributed by atoms with Gasteiger partial charge >= 0.3 is 6.18 Å². The fourth-order valence-corrected chi connectivity index (χ4v) is 3.20. The highest BCUT2D eigenvalue weighted by atomic mass is 19.4. The number of guanidine groups is 1. The second-order valence-electron chi connectivity index (χ2n) is 7.14. The third kappa shape index (κ3) is 7.58. The van der Waals surface area contributed by atoms with Crippen molar-refractivity contribution in [3.63, 3.8) is 0 Å². The van der Waals surface area contributed by atoms with Crippen molar-refractivity contribution in [2.24, 2.45) is 10.9 Å². The number of nitrogens with zero attached hydrogens (tertiary/aromatic N) is 2. The molecule has 8 heteroatoms. The Hall–Kier alpha value is -1.96. The van der Waals surface area contributed by atoms with E-state index in [0.717, 1.165) is 38.2 Å². The number of hydrogen-bond acceptors (Lipinski definition) is 3. The summed E-state index contributed by atoms with van der Waals surface area (Å²) in [7, 11) is 0. The highest BCUT2D eigenvalue weighted by molar-refractivity contribution is 5.79. The monoisotopic (exact) mass is 400 g/mol. The third-order valence-electron chi connectivity index (χ3n) is 4.74. The number of rotatable bonds is 8. The zero-order valence-electron chi connectivity index (χ0n) is 16.9. The maximum absolute atomic E-state index is 12.5. The van der Waals surface area contributed by atoms with Crippen LogP contribution in [0.5, 0.6) is 5.75 Å². The van der Waals surface area contributed by atoms with Crippen molar-refractivity contribution in [3.05, 3.63) is 29.3 Å². The minimum absolute atomic E-state index is 0.228. The first-order chi connectivity index (χ1) is 13.3. The van der Waals surface area contributed by atoms with Gasteiger partial charge in [0, 0.05) is 25.2 Å². The van der Waals surface area contributed by atoms with Crippen molar-refractivity contribution in [2.45, 2.75) is 39.9 Å². The molecular weight excluding hydrogens is 369 g/mol. The highest BCUT2D eigenvalue weighted by Gasteiger charge is 2.28. The molecule has 0 amide bonds. The summed E-state index contributed by atoms with van der Waals surface area (Å²) in [5, 5.41) is 6.55. The average Bonchev–Trinajstić information content (AvgIpc) is 3.11. The number of aliphatic imine (C=N–C) groups is 1. The van der Waals surface area contributed by atoms with E-state index in [1.807, 2.05) is 19.9 Å². The Labute approximate surface area is 165 Å². The molecule has 1 heterocycles. The van der Waals surface area contributed by atoms with Crippen molar-refractivity contribution in [1.82, 2.24) is 15.5 Å². The minimum Gasteiger partial charge on any atom is -0.484 e. The van der Waals surface area contributed by atoms with E-state index in [1.165, 1.54) is 0 Å². The third-order valence-corrected chi connectivity index (χ3v) is 4.74. The van der Waals surface area contributed by atoms with E-state index in [0.29, 0.717) is 24.0 Å². The fourth-order valence-electron chi connectivity index (χ4n) is 3.20. The molecule has 0 saturated carbocycles. The molecule has 1 unspecified atom stereocenters. The lowest BCUT2D eigenvalue weighted by Gasteiger charge is -2.17. The predicted octanol–water partition coefficient (Wildman–Crippen LogP) is 3.33. The largest absolute Gasteiger partial charge is 0.484 e. The maximum atomic E-state index is 12.5. The molecule has 158 valence electrons. The first-order valence-corrected chi connectivity index (χ1v) is 9.84. The van der Waals surface area contributed by atoms with Gasteiger partial charge in [0.05, 0.1) is 6.54 Å². The first kappa shape index (κ1) is 22.3. The summed E-state index contributed by atoms with van der Waals surface area (Å²) in [6.45, 7) is 9.72. The molecule has 0 spiro atoms. The molecule has 1 atom stereocenters. The minimum atomic E-state index is -4.37. The van der Waals surface area contributed by atoms with Crippen LogP contribution in [0.3, 0.4) is 0 Å². The molecule has 0 aliphatic carbocycles. The SMILES string of the molecule is CCNC(=NCc1ccc(C)cc1OCC(F)(F)F)NCC1CCN(CC)C1. The van der Waals surface area contributed by atoms with Crippen LogP contribution in [0.15, 0.2) is 23.2 Å². The lowest BCUT2D eigenvalue weighted by atomic mass is 10.1. The predicted molar refractivity (Wildman–Crippen MR) is 106 cm³/mol. The Bertz CT molecular complexity index is 649. The summed E-state index contributed by atoms with van der Waals surface area (Å²) in [5.74, 6) is 1.47. The number of nitrogens with one attached hydrogen (secondary N) is 2. The summed E-state index contributed by atoms with van der Waals surface area (Å²) in [6, 6.07) is 5.24. The Morgan fingerprint density at radius 1 is 1.29 bits per heavy atom. The summed E-state index contributed by atoms with van der Waals surface area (Å²) in [5.41, 5.74) is 1.47. The van der Waals surface area contributed by atoms with Crippen LogP contribution in [0.2, 0.25) is 0 Å². The van der Waals surface area contributed by atoms with Crippen molar-refractivity contribution in [3.8, 4) is 5.75 Å². The van der Waals surface area contributed by atoms with E-state index in [-0.39, 0.29) is 12.3 Å². The molecule has 0 aromatic heterocycles. The van der Waals surface area contributed by atoms with Gasteiger partial charge in [-0.15, -0.1) is 0 Å². The van der Waals surface area contributed by atoms with E-state index in [2.05, 4.69) is 27.4 Å². The van der Waals surface area contributed by atoms with Crippen LogP contribution in [-0.4, -0.2) is 56.4 Å². The molecule has 1 aromatic rings. The van der Waals surface area contributed by atoms with E-state index in [9.17, 15) is 13.2 Å². The number of aryl methyl sites for hydroxylation is 1. The standard InChI is InChI=1S/C20H31F3N4O/c1-4-24-19(25-11-16-8-9-27(5-2)13-16)26-12-17-7-6-15(3)10-18(17)28-14-20(21,22)23/h6-7,10,16H,4-5,8-9,11-14H2,1-3H3,(H2,24,25,26). The van der Waals surface area contributed by atoms with Gasteiger partial charge in [-0.05, 0) is 50.9 Å². The molecule has 5 nitrogen and oxygen atoms in total. The second kappa shape index (κ2) is 10.5. The fraction of sp³-hybridized carbons (Fsp3) is 0.650. The van der Waals surface area contributed by atoms with Crippen LogP contribution in [0.4, 0.5) is 13.2 Å². The number of hydrogen-bond donors (Lipinski definition) is 2.